The van der Waals surface area contributed by atoms with Crippen molar-refractivity contribution in [2.75, 3.05) is 13.7 Å². The van der Waals surface area contributed by atoms with E-state index < -0.39 is 5.97 Å². The predicted octanol–water partition coefficient (Wildman–Crippen LogP) is 4.30. The van der Waals surface area contributed by atoms with Crippen molar-refractivity contribution >= 4 is 34.6 Å². The van der Waals surface area contributed by atoms with Crippen LogP contribution in [0.25, 0.3) is 9.88 Å². The lowest BCUT2D eigenvalue weighted by Gasteiger charge is -2.18. The van der Waals surface area contributed by atoms with Crippen LogP contribution in [0.4, 0.5) is 0 Å². The third-order valence-electron chi connectivity index (χ3n) is 4.10. The maximum absolute atomic E-state index is 12.3. The number of aromatic nitrogens is 1. The molecule has 0 unspecified atom stereocenters. The molecule has 0 atom stereocenters. The van der Waals surface area contributed by atoms with Crippen molar-refractivity contribution in [2.45, 2.75) is 20.4 Å². The van der Waals surface area contributed by atoms with E-state index in [9.17, 15) is 9.59 Å². The number of likely N-dealkylation sites (N-methyl/N-ethyl adjacent to an activating group) is 1. The number of ether oxygens (including phenoxy) is 1. The number of hydrogen-bond donors (Lipinski definition) is 0. The van der Waals surface area contributed by atoms with Gasteiger partial charge in [0.05, 0.1) is 4.88 Å². The zero-order chi connectivity index (χ0) is 19.4. The number of aryl methyl sites for hydroxylation is 2. The zero-order valence-corrected chi connectivity index (χ0v) is 17.0. The fourth-order valence-electron chi connectivity index (χ4n) is 2.56. The Labute approximate surface area is 166 Å². The fourth-order valence-corrected chi connectivity index (χ4v) is 4.16. The number of amides is 1. The molecule has 5 nitrogen and oxygen atoms in total. The number of benzene rings is 1. The first-order chi connectivity index (χ1) is 12.9. The van der Waals surface area contributed by atoms with Crippen LogP contribution >= 0.6 is 22.7 Å². The molecule has 0 spiro atoms. The van der Waals surface area contributed by atoms with E-state index in [1.165, 1.54) is 16.9 Å². The van der Waals surface area contributed by atoms with E-state index in [0.29, 0.717) is 6.54 Å². The first-order valence-electron chi connectivity index (χ1n) is 8.40. The molecule has 0 radical (unpaired) electrons. The molecule has 0 saturated carbocycles. The summed E-state index contributed by atoms with van der Waals surface area (Å²) in [6.07, 6.45) is 0. The van der Waals surface area contributed by atoms with Gasteiger partial charge < -0.3 is 9.64 Å². The highest BCUT2D eigenvalue weighted by Gasteiger charge is 2.17. The second-order valence-corrected chi connectivity index (χ2v) is 8.08. The number of hydrogen-bond acceptors (Lipinski definition) is 6. The van der Waals surface area contributed by atoms with E-state index in [-0.39, 0.29) is 18.2 Å². The van der Waals surface area contributed by atoms with Gasteiger partial charge in [-0.2, -0.15) is 0 Å². The maximum Gasteiger partial charge on any atom is 0.358 e. The standard InChI is InChI=1S/C20H20N2O3S2/c1-13-6-7-15(14(2)9-13)10-22(3)18(23)11-25-20(24)16-12-27-19(21-16)17-5-4-8-26-17/h4-9,12H,10-11H2,1-3H3. The molecule has 27 heavy (non-hydrogen) atoms. The minimum absolute atomic E-state index is 0.230. The fraction of sp³-hybridized carbons (Fsp3) is 0.250. The molecule has 0 N–H and O–H groups in total. The Morgan fingerprint density at radius 1 is 1.19 bits per heavy atom. The molecule has 140 valence electrons. The summed E-state index contributed by atoms with van der Waals surface area (Å²) in [5, 5.41) is 4.38. The quantitative estimate of drug-likeness (QED) is 0.579. The van der Waals surface area contributed by atoms with Gasteiger partial charge in [0.1, 0.15) is 5.01 Å². The average Bonchev–Trinajstić information content (AvgIpc) is 3.32. The molecule has 3 rings (SSSR count). The van der Waals surface area contributed by atoms with Gasteiger partial charge in [-0.3, -0.25) is 4.79 Å². The second-order valence-electron chi connectivity index (χ2n) is 6.27. The molecule has 0 aliphatic rings. The molecule has 3 aromatic rings. The van der Waals surface area contributed by atoms with Crippen LogP contribution in [0.2, 0.25) is 0 Å². The Kier molecular flexibility index (Phi) is 6.03. The van der Waals surface area contributed by atoms with Gasteiger partial charge in [-0.25, -0.2) is 9.78 Å². The van der Waals surface area contributed by atoms with Gasteiger partial charge >= 0.3 is 5.97 Å². The molecular weight excluding hydrogens is 380 g/mol. The molecule has 2 aromatic heterocycles. The van der Waals surface area contributed by atoms with Gasteiger partial charge in [-0.15, -0.1) is 22.7 Å². The summed E-state index contributed by atoms with van der Waals surface area (Å²) in [6, 6.07) is 10.0. The van der Waals surface area contributed by atoms with Crippen molar-refractivity contribution in [1.29, 1.82) is 0 Å². The number of rotatable bonds is 6. The Morgan fingerprint density at radius 2 is 2.00 bits per heavy atom. The lowest BCUT2D eigenvalue weighted by molar-refractivity contribution is -0.133. The Morgan fingerprint density at radius 3 is 2.70 bits per heavy atom. The summed E-state index contributed by atoms with van der Waals surface area (Å²) in [5.74, 6) is -0.834. The van der Waals surface area contributed by atoms with Crippen LogP contribution in [0.15, 0.2) is 41.1 Å². The highest BCUT2D eigenvalue weighted by molar-refractivity contribution is 7.20. The second kappa shape index (κ2) is 8.45. The minimum Gasteiger partial charge on any atom is -0.451 e. The third kappa shape index (κ3) is 4.81. The van der Waals surface area contributed by atoms with Crippen LogP contribution in [0.3, 0.4) is 0 Å². The largest absolute Gasteiger partial charge is 0.451 e. The lowest BCUT2D eigenvalue weighted by atomic mass is 10.1. The van der Waals surface area contributed by atoms with E-state index in [0.717, 1.165) is 21.0 Å². The van der Waals surface area contributed by atoms with Crippen LogP contribution in [0, 0.1) is 13.8 Å². The van der Waals surface area contributed by atoms with Crippen molar-refractivity contribution in [3.63, 3.8) is 0 Å². The van der Waals surface area contributed by atoms with Crippen LogP contribution in [-0.2, 0) is 16.1 Å². The summed E-state index contributed by atoms with van der Waals surface area (Å²) < 4.78 is 5.15. The van der Waals surface area contributed by atoms with Crippen molar-refractivity contribution in [2.24, 2.45) is 0 Å². The smallest absolute Gasteiger partial charge is 0.358 e. The molecule has 7 heteroatoms. The molecule has 2 heterocycles. The van der Waals surface area contributed by atoms with Gasteiger partial charge in [0, 0.05) is 19.0 Å². The SMILES string of the molecule is Cc1ccc(CN(C)C(=O)COC(=O)c2csc(-c3cccs3)n2)c(C)c1. The van der Waals surface area contributed by atoms with E-state index in [4.69, 9.17) is 4.74 Å². The van der Waals surface area contributed by atoms with Crippen molar-refractivity contribution in [3.05, 3.63) is 63.5 Å². The third-order valence-corrected chi connectivity index (χ3v) is 5.98. The van der Waals surface area contributed by atoms with Crippen LogP contribution in [0.1, 0.15) is 27.2 Å². The van der Waals surface area contributed by atoms with Crippen LogP contribution in [-0.4, -0.2) is 35.4 Å². The highest BCUT2D eigenvalue weighted by atomic mass is 32.1. The summed E-state index contributed by atoms with van der Waals surface area (Å²) in [4.78, 5) is 31.3. The first-order valence-corrected chi connectivity index (χ1v) is 10.2. The number of carbonyl (C=O) groups is 2. The molecule has 1 aromatic carbocycles. The summed E-state index contributed by atoms with van der Waals surface area (Å²) in [7, 11) is 1.70. The predicted molar refractivity (Wildman–Crippen MR) is 108 cm³/mol. The van der Waals surface area contributed by atoms with Gasteiger partial charge in [0.25, 0.3) is 5.91 Å². The minimum atomic E-state index is -0.581. The van der Waals surface area contributed by atoms with Gasteiger partial charge in [0.2, 0.25) is 0 Å². The molecule has 0 fully saturated rings. The molecule has 0 bridgehead atoms. The van der Waals surface area contributed by atoms with Crippen LogP contribution < -0.4 is 0 Å². The van der Waals surface area contributed by atoms with E-state index >= 15 is 0 Å². The number of nitrogens with zero attached hydrogens (tertiary/aromatic N) is 2. The summed E-state index contributed by atoms with van der Waals surface area (Å²) >= 11 is 2.94. The van der Waals surface area contributed by atoms with Crippen molar-refractivity contribution in [3.8, 4) is 9.88 Å². The molecule has 1 amide bonds. The zero-order valence-electron chi connectivity index (χ0n) is 15.4. The van der Waals surface area contributed by atoms with Gasteiger partial charge in [-0.1, -0.05) is 29.8 Å². The molecular formula is C20H20N2O3S2. The maximum atomic E-state index is 12.3. The van der Waals surface area contributed by atoms with E-state index in [2.05, 4.69) is 11.1 Å². The number of carbonyl (C=O) groups excluding carboxylic acids is 2. The monoisotopic (exact) mass is 400 g/mol. The molecule has 0 saturated heterocycles. The number of thiophene rings is 1. The Balaban J connectivity index is 1.54. The van der Waals surface area contributed by atoms with Crippen molar-refractivity contribution in [1.82, 2.24) is 9.88 Å². The van der Waals surface area contributed by atoms with Gasteiger partial charge in [0.15, 0.2) is 12.3 Å². The lowest BCUT2D eigenvalue weighted by Crippen LogP contribution is -2.31. The van der Waals surface area contributed by atoms with Crippen LogP contribution in [0.5, 0.6) is 0 Å². The van der Waals surface area contributed by atoms with E-state index in [1.54, 1.807) is 28.7 Å². The Bertz CT molecular complexity index is 948. The molecule has 0 aliphatic carbocycles. The summed E-state index contributed by atoms with van der Waals surface area (Å²) in [5.41, 5.74) is 3.62. The number of thiazole rings is 1. The highest BCUT2D eigenvalue weighted by Crippen LogP contribution is 2.27. The molecule has 0 aliphatic heterocycles. The van der Waals surface area contributed by atoms with Gasteiger partial charge in [-0.05, 0) is 36.4 Å². The van der Waals surface area contributed by atoms with Crippen molar-refractivity contribution < 1.29 is 14.3 Å². The van der Waals surface area contributed by atoms with E-state index in [1.807, 2.05) is 43.5 Å². The normalized spacial score (nSPS) is 10.6. The Hall–Kier alpha value is -2.51. The average molecular weight is 401 g/mol. The number of esters is 1. The first kappa shape index (κ1) is 19.3. The summed E-state index contributed by atoms with van der Waals surface area (Å²) in [6.45, 7) is 4.23. The topological polar surface area (TPSA) is 59.5 Å².